The Morgan fingerprint density at radius 3 is 2.31 bits per heavy atom. The van der Waals surface area contributed by atoms with Crippen LogP contribution in [-0.2, 0) is 16.1 Å². The fourth-order valence-corrected chi connectivity index (χ4v) is 3.51. The Balaban J connectivity index is 2.12. The van der Waals surface area contributed by atoms with Crippen LogP contribution in [0, 0.1) is 0 Å². The molecule has 0 saturated carbocycles. The molecule has 0 atom stereocenters. The number of likely N-dealkylation sites (N-methyl/N-ethyl adjacent to an activating group) is 2. The van der Waals surface area contributed by atoms with E-state index >= 15 is 0 Å². The largest absolute Gasteiger partial charge is 0.362 e. The van der Waals surface area contributed by atoms with Gasteiger partial charge in [0.25, 0.3) is 11.8 Å². The molecule has 134 valence electrons. The Hall–Kier alpha value is -2.30. The molecule has 4 nitrogen and oxygen atoms in total. The van der Waals surface area contributed by atoms with E-state index in [4.69, 9.17) is 23.2 Å². The van der Waals surface area contributed by atoms with Crippen LogP contribution in [0.25, 0.3) is 5.57 Å². The molecule has 1 aliphatic rings. The van der Waals surface area contributed by atoms with Crippen molar-refractivity contribution in [3.8, 4) is 0 Å². The van der Waals surface area contributed by atoms with Gasteiger partial charge in [-0.3, -0.25) is 14.5 Å². The lowest BCUT2D eigenvalue weighted by atomic mass is 10.0. The third-order valence-electron chi connectivity index (χ3n) is 4.38. The first kappa shape index (κ1) is 18.5. The van der Waals surface area contributed by atoms with Crippen molar-refractivity contribution in [2.75, 3.05) is 13.6 Å². The molecular formula is C20H18Cl2N2O2. The van der Waals surface area contributed by atoms with Crippen molar-refractivity contribution in [2.45, 2.75) is 13.5 Å². The van der Waals surface area contributed by atoms with Crippen LogP contribution in [-0.4, -0.2) is 35.2 Å². The van der Waals surface area contributed by atoms with E-state index < -0.39 is 0 Å². The number of halogens is 2. The minimum atomic E-state index is -0.360. The second-order valence-corrected chi connectivity index (χ2v) is 6.86. The number of hydrogen-bond donors (Lipinski definition) is 0. The van der Waals surface area contributed by atoms with Crippen molar-refractivity contribution < 1.29 is 9.59 Å². The van der Waals surface area contributed by atoms with E-state index in [1.165, 1.54) is 7.05 Å². The summed E-state index contributed by atoms with van der Waals surface area (Å²) in [6, 6.07) is 14.7. The summed E-state index contributed by atoms with van der Waals surface area (Å²) in [6.45, 7) is 3.05. The van der Waals surface area contributed by atoms with Gasteiger partial charge in [-0.2, -0.15) is 0 Å². The highest BCUT2D eigenvalue weighted by Crippen LogP contribution is 2.36. The van der Waals surface area contributed by atoms with Crippen LogP contribution >= 0.6 is 23.2 Å². The summed E-state index contributed by atoms with van der Waals surface area (Å²) in [7, 11) is 1.48. The maximum Gasteiger partial charge on any atom is 0.277 e. The maximum atomic E-state index is 12.8. The molecule has 1 heterocycles. The van der Waals surface area contributed by atoms with Crippen molar-refractivity contribution in [2.24, 2.45) is 0 Å². The van der Waals surface area contributed by atoms with Gasteiger partial charge in [0.1, 0.15) is 5.70 Å². The smallest absolute Gasteiger partial charge is 0.277 e. The Morgan fingerprint density at radius 1 is 1.00 bits per heavy atom. The zero-order chi connectivity index (χ0) is 18.8. The number of benzene rings is 2. The molecule has 0 spiro atoms. The molecule has 0 aromatic heterocycles. The average Bonchev–Trinajstić information content (AvgIpc) is 2.85. The minimum absolute atomic E-state index is 0.317. The van der Waals surface area contributed by atoms with Gasteiger partial charge in [0, 0.05) is 30.7 Å². The van der Waals surface area contributed by atoms with Gasteiger partial charge in [-0.25, -0.2) is 0 Å². The molecule has 2 aromatic rings. The highest BCUT2D eigenvalue weighted by atomic mass is 35.5. The predicted octanol–water partition coefficient (Wildman–Crippen LogP) is 4.23. The maximum absolute atomic E-state index is 12.8. The molecule has 6 heteroatoms. The first-order valence-corrected chi connectivity index (χ1v) is 9.00. The summed E-state index contributed by atoms with van der Waals surface area (Å²) >= 11 is 12.3. The standard InChI is InChI=1S/C20H18Cl2N2O2/c1-3-24(12-13-7-5-4-6-8-13)18-17(19(25)23(2)20(18)26)15-10-9-14(21)11-16(15)22/h4-11H,3,12H2,1-2H3. The SMILES string of the molecule is CCN(Cc1ccccc1)C1=C(c2ccc(Cl)cc2Cl)C(=O)N(C)C1=O. The lowest BCUT2D eigenvalue weighted by Crippen LogP contribution is -2.32. The van der Waals surface area contributed by atoms with E-state index in [0.29, 0.717) is 40.0 Å². The third kappa shape index (κ3) is 3.35. The fourth-order valence-electron chi connectivity index (χ4n) is 3.01. The second-order valence-electron chi connectivity index (χ2n) is 6.02. The van der Waals surface area contributed by atoms with E-state index in [2.05, 4.69) is 0 Å². The fraction of sp³-hybridized carbons (Fsp3) is 0.200. The molecule has 2 aromatic carbocycles. The topological polar surface area (TPSA) is 40.6 Å². The Morgan fingerprint density at radius 2 is 1.69 bits per heavy atom. The molecule has 0 bridgehead atoms. The summed E-state index contributed by atoms with van der Waals surface area (Å²) in [4.78, 5) is 28.6. The van der Waals surface area contributed by atoms with Gasteiger partial charge in [-0.15, -0.1) is 0 Å². The van der Waals surface area contributed by atoms with Gasteiger partial charge >= 0.3 is 0 Å². The van der Waals surface area contributed by atoms with Crippen LogP contribution in [0.4, 0.5) is 0 Å². The molecule has 2 amide bonds. The summed E-state index contributed by atoms with van der Waals surface area (Å²) in [5, 5.41) is 0.819. The molecular weight excluding hydrogens is 371 g/mol. The van der Waals surface area contributed by atoms with Crippen LogP contribution in [0.3, 0.4) is 0 Å². The lowest BCUT2D eigenvalue weighted by molar-refractivity contribution is -0.135. The Labute approximate surface area is 162 Å². The quantitative estimate of drug-likeness (QED) is 0.719. The number of amides is 2. The highest BCUT2D eigenvalue weighted by Gasteiger charge is 2.39. The van der Waals surface area contributed by atoms with Gasteiger partial charge in [0.15, 0.2) is 0 Å². The van der Waals surface area contributed by atoms with E-state index in [9.17, 15) is 9.59 Å². The molecule has 26 heavy (non-hydrogen) atoms. The lowest BCUT2D eigenvalue weighted by Gasteiger charge is -2.24. The molecule has 0 N–H and O–H groups in total. The van der Waals surface area contributed by atoms with Gasteiger partial charge in [0.05, 0.1) is 10.6 Å². The van der Waals surface area contributed by atoms with Crippen LogP contribution in [0.5, 0.6) is 0 Å². The zero-order valence-corrected chi connectivity index (χ0v) is 16.0. The van der Waals surface area contributed by atoms with Gasteiger partial charge in [0.2, 0.25) is 0 Å². The van der Waals surface area contributed by atoms with Gasteiger partial charge in [-0.1, -0.05) is 59.6 Å². The first-order chi connectivity index (χ1) is 12.4. The summed E-state index contributed by atoms with van der Waals surface area (Å²) in [5.41, 5.74) is 2.25. The summed E-state index contributed by atoms with van der Waals surface area (Å²) < 4.78 is 0. The molecule has 3 rings (SSSR count). The number of carbonyl (C=O) groups excluding carboxylic acids is 2. The Bertz CT molecular complexity index is 894. The third-order valence-corrected chi connectivity index (χ3v) is 4.93. The molecule has 0 radical (unpaired) electrons. The molecule has 0 saturated heterocycles. The Kier molecular flexibility index (Phi) is 5.35. The number of carbonyl (C=O) groups is 2. The van der Waals surface area contributed by atoms with Crippen molar-refractivity contribution >= 4 is 40.6 Å². The first-order valence-electron chi connectivity index (χ1n) is 8.25. The van der Waals surface area contributed by atoms with Crippen LogP contribution in [0.2, 0.25) is 10.0 Å². The number of imide groups is 1. The predicted molar refractivity (Wildman–Crippen MR) is 104 cm³/mol. The monoisotopic (exact) mass is 388 g/mol. The van der Waals surface area contributed by atoms with E-state index in [1.54, 1.807) is 18.2 Å². The number of nitrogens with zero attached hydrogens (tertiary/aromatic N) is 2. The van der Waals surface area contributed by atoms with Crippen molar-refractivity contribution in [3.05, 3.63) is 75.4 Å². The van der Waals surface area contributed by atoms with Gasteiger partial charge in [-0.05, 0) is 24.6 Å². The van der Waals surface area contributed by atoms with Crippen molar-refractivity contribution in [1.82, 2.24) is 9.80 Å². The second kappa shape index (κ2) is 7.52. The van der Waals surface area contributed by atoms with Crippen molar-refractivity contribution in [3.63, 3.8) is 0 Å². The van der Waals surface area contributed by atoms with Crippen LogP contribution in [0.1, 0.15) is 18.1 Å². The zero-order valence-electron chi connectivity index (χ0n) is 14.5. The molecule has 0 unspecified atom stereocenters. The van der Waals surface area contributed by atoms with Crippen LogP contribution < -0.4 is 0 Å². The minimum Gasteiger partial charge on any atom is -0.362 e. The molecule has 0 aliphatic carbocycles. The highest BCUT2D eigenvalue weighted by molar-refractivity contribution is 6.41. The average molecular weight is 389 g/mol. The van der Waals surface area contributed by atoms with Gasteiger partial charge < -0.3 is 4.90 Å². The number of hydrogen-bond acceptors (Lipinski definition) is 3. The summed E-state index contributed by atoms with van der Waals surface area (Å²) in [6.07, 6.45) is 0. The summed E-state index contributed by atoms with van der Waals surface area (Å²) in [5.74, 6) is -0.686. The van der Waals surface area contributed by atoms with Crippen LogP contribution in [0.15, 0.2) is 54.2 Å². The van der Waals surface area contributed by atoms with Crippen molar-refractivity contribution in [1.29, 1.82) is 0 Å². The van der Waals surface area contributed by atoms with E-state index in [0.717, 1.165) is 10.5 Å². The number of rotatable bonds is 5. The molecule has 1 aliphatic heterocycles. The van der Waals surface area contributed by atoms with E-state index in [-0.39, 0.29) is 11.8 Å². The normalized spacial score (nSPS) is 14.4. The van der Waals surface area contributed by atoms with E-state index in [1.807, 2.05) is 42.2 Å². The molecule has 0 fully saturated rings.